The van der Waals surface area contributed by atoms with E-state index in [0.717, 1.165) is 31.7 Å². The summed E-state index contributed by atoms with van der Waals surface area (Å²) in [4.78, 5) is 7.04. The Labute approximate surface area is 117 Å². The number of aromatic nitrogens is 1. The molecule has 1 aliphatic rings. The van der Waals surface area contributed by atoms with E-state index in [9.17, 15) is 0 Å². The molecule has 0 aromatic carbocycles. The molecule has 19 heavy (non-hydrogen) atoms. The second-order valence-electron chi connectivity index (χ2n) is 6.51. The SMILES string of the molecule is CCC(N)Cc1cccnc1N1CCC(C)(C)CC1. The van der Waals surface area contributed by atoms with Gasteiger partial charge in [-0.3, -0.25) is 0 Å². The quantitative estimate of drug-likeness (QED) is 0.906. The van der Waals surface area contributed by atoms with Gasteiger partial charge in [-0.15, -0.1) is 0 Å². The minimum absolute atomic E-state index is 0.240. The summed E-state index contributed by atoms with van der Waals surface area (Å²) in [5.74, 6) is 1.15. The zero-order chi connectivity index (χ0) is 13.9. The highest BCUT2D eigenvalue weighted by atomic mass is 15.2. The first-order valence-electron chi connectivity index (χ1n) is 7.46. The van der Waals surface area contributed by atoms with Gasteiger partial charge in [0.2, 0.25) is 0 Å². The maximum atomic E-state index is 6.10. The topological polar surface area (TPSA) is 42.1 Å². The monoisotopic (exact) mass is 261 g/mol. The number of pyridine rings is 1. The summed E-state index contributed by atoms with van der Waals surface area (Å²) in [5, 5.41) is 0. The number of anilines is 1. The summed E-state index contributed by atoms with van der Waals surface area (Å²) < 4.78 is 0. The van der Waals surface area contributed by atoms with Gasteiger partial charge in [0.1, 0.15) is 5.82 Å². The smallest absolute Gasteiger partial charge is 0.131 e. The predicted molar refractivity (Wildman–Crippen MR) is 81.4 cm³/mol. The van der Waals surface area contributed by atoms with E-state index in [1.54, 1.807) is 0 Å². The van der Waals surface area contributed by atoms with Gasteiger partial charge in [0.25, 0.3) is 0 Å². The van der Waals surface area contributed by atoms with Crippen LogP contribution in [0.2, 0.25) is 0 Å². The van der Waals surface area contributed by atoms with Crippen LogP contribution in [0.1, 0.15) is 45.6 Å². The molecule has 1 aromatic heterocycles. The lowest BCUT2D eigenvalue weighted by Crippen LogP contribution is -2.38. The summed E-state index contributed by atoms with van der Waals surface area (Å²) >= 11 is 0. The van der Waals surface area contributed by atoms with Crippen LogP contribution < -0.4 is 10.6 Å². The third kappa shape index (κ3) is 3.69. The molecule has 2 heterocycles. The first-order chi connectivity index (χ1) is 9.02. The highest BCUT2D eigenvalue weighted by Gasteiger charge is 2.27. The third-order valence-electron chi connectivity index (χ3n) is 4.29. The Morgan fingerprint density at radius 1 is 1.37 bits per heavy atom. The Morgan fingerprint density at radius 3 is 2.68 bits per heavy atom. The maximum Gasteiger partial charge on any atom is 0.131 e. The van der Waals surface area contributed by atoms with Crippen LogP contribution in [0, 0.1) is 5.41 Å². The lowest BCUT2D eigenvalue weighted by molar-refractivity contribution is 0.279. The Balaban J connectivity index is 2.12. The zero-order valence-corrected chi connectivity index (χ0v) is 12.5. The van der Waals surface area contributed by atoms with Crippen molar-refractivity contribution in [2.75, 3.05) is 18.0 Å². The van der Waals surface area contributed by atoms with E-state index in [2.05, 4.69) is 36.7 Å². The molecule has 1 aliphatic heterocycles. The van der Waals surface area contributed by atoms with E-state index in [-0.39, 0.29) is 6.04 Å². The summed E-state index contributed by atoms with van der Waals surface area (Å²) in [5.41, 5.74) is 7.88. The van der Waals surface area contributed by atoms with Gasteiger partial charge in [0.15, 0.2) is 0 Å². The second kappa shape index (κ2) is 5.91. The largest absolute Gasteiger partial charge is 0.356 e. The molecule has 1 atom stereocenters. The zero-order valence-electron chi connectivity index (χ0n) is 12.5. The van der Waals surface area contributed by atoms with E-state index < -0.39 is 0 Å². The number of piperidine rings is 1. The Hall–Kier alpha value is -1.09. The van der Waals surface area contributed by atoms with Crippen LogP contribution in [0.5, 0.6) is 0 Å². The van der Waals surface area contributed by atoms with Crippen molar-refractivity contribution in [3.05, 3.63) is 23.9 Å². The molecule has 0 amide bonds. The number of nitrogens with zero attached hydrogens (tertiary/aromatic N) is 2. The van der Waals surface area contributed by atoms with E-state index in [1.165, 1.54) is 18.4 Å². The fourth-order valence-corrected chi connectivity index (χ4v) is 2.62. The van der Waals surface area contributed by atoms with Gasteiger partial charge in [0.05, 0.1) is 0 Å². The van der Waals surface area contributed by atoms with Crippen molar-refractivity contribution in [1.29, 1.82) is 0 Å². The molecule has 106 valence electrons. The molecule has 1 saturated heterocycles. The standard InChI is InChI=1S/C16H27N3/c1-4-14(17)12-13-6-5-9-18-15(13)19-10-7-16(2,3)8-11-19/h5-6,9,14H,4,7-8,10-12,17H2,1-3H3. The van der Waals surface area contributed by atoms with Gasteiger partial charge in [0, 0.05) is 25.3 Å². The van der Waals surface area contributed by atoms with Crippen molar-refractivity contribution < 1.29 is 0 Å². The Morgan fingerprint density at radius 2 is 2.05 bits per heavy atom. The normalized spacial score (nSPS) is 20.3. The van der Waals surface area contributed by atoms with E-state index in [0.29, 0.717) is 5.41 Å². The molecule has 0 saturated carbocycles. The number of rotatable bonds is 4. The van der Waals surface area contributed by atoms with Gasteiger partial charge >= 0.3 is 0 Å². The summed E-state index contributed by atoms with van der Waals surface area (Å²) in [7, 11) is 0. The molecule has 0 radical (unpaired) electrons. The molecule has 3 heteroatoms. The first kappa shape index (κ1) is 14.3. The predicted octanol–water partition coefficient (Wildman–Crippen LogP) is 2.99. The number of hydrogen-bond acceptors (Lipinski definition) is 3. The molecule has 0 bridgehead atoms. The Bertz CT molecular complexity index is 404. The van der Waals surface area contributed by atoms with Crippen molar-refractivity contribution in [1.82, 2.24) is 4.98 Å². The van der Waals surface area contributed by atoms with Crippen molar-refractivity contribution in [2.24, 2.45) is 11.1 Å². The van der Waals surface area contributed by atoms with E-state index >= 15 is 0 Å². The highest BCUT2D eigenvalue weighted by Crippen LogP contribution is 2.32. The van der Waals surface area contributed by atoms with Crippen molar-refractivity contribution in [2.45, 2.75) is 52.5 Å². The molecule has 2 N–H and O–H groups in total. The van der Waals surface area contributed by atoms with E-state index in [4.69, 9.17) is 5.73 Å². The molecule has 1 unspecified atom stereocenters. The summed E-state index contributed by atoms with van der Waals surface area (Å²) in [6.45, 7) is 9.08. The molecule has 1 aromatic rings. The van der Waals surface area contributed by atoms with E-state index in [1.807, 2.05) is 12.3 Å². The van der Waals surface area contributed by atoms with Crippen LogP contribution in [-0.4, -0.2) is 24.1 Å². The third-order valence-corrected chi connectivity index (χ3v) is 4.29. The fourth-order valence-electron chi connectivity index (χ4n) is 2.62. The summed E-state index contributed by atoms with van der Waals surface area (Å²) in [6.07, 6.45) is 6.32. The van der Waals surface area contributed by atoms with Crippen molar-refractivity contribution >= 4 is 5.82 Å². The molecule has 0 aliphatic carbocycles. The van der Waals surface area contributed by atoms with Crippen LogP contribution in [0.4, 0.5) is 5.82 Å². The summed E-state index contributed by atoms with van der Waals surface area (Å²) in [6, 6.07) is 4.44. The molecule has 2 rings (SSSR count). The van der Waals surface area contributed by atoms with Crippen LogP contribution in [0.3, 0.4) is 0 Å². The molecular formula is C16H27N3. The minimum Gasteiger partial charge on any atom is -0.356 e. The maximum absolute atomic E-state index is 6.10. The second-order valence-corrected chi connectivity index (χ2v) is 6.51. The van der Waals surface area contributed by atoms with Crippen molar-refractivity contribution in [3.63, 3.8) is 0 Å². The van der Waals surface area contributed by atoms with Gasteiger partial charge in [-0.05, 0) is 42.7 Å². The number of nitrogens with two attached hydrogens (primary N) is 1. The lowest BCUT2D eigenvalue weighted by atomic mass is 9.82. The highest BCUT2D eigenvalue weighted by molar-refractivity contribution is 5.47. The van der Waals surface area contributed by atoms with Gasteiger partial charge < -0.3 is 10.6 Å². The Kier molecular flexibility index (Phi) is 4.46. The number of hydrogen-bond donors (Lipinski definition) is 1. The minimum atomic E-state index is 0.240. The molecule has 3 nitrogen and oxygen atoms in total. The van der Waals surface area contributed by atoms with Crippen LogP contribution in [-0.2, 0) is 6.42 Å². The van der Waals surface area contributed by atoms with Crippen LogP contribution in [0.15, 0.2) is 18.3 Å². The van der Waals surface area contributed by atoms with Crippen molar-refractivity contribution in [3.8, 4) is 0 Å². The van der Waals surface area contributed by atoms with Gasteiger partial charge in [-0.25, -0.2) is 4.98 Å². The molecular weight excluding hydrogens is 234 g/mol. The molecule has 1 fully saturated rings. The average molecular weight is 261 g/mol. The average Bonchev–Trinajstić information content (AvgIpc) is 2.39. The molecule has 0 spiro atoms. The van der Waals surface area contributed by atoms with Crippen LogP contribution >= 0.6 is 0 Å². The van der Waals surface area contributed by atoms with Gasteiger partial charge in [-0.2, -0.15) is 0 Å². The fraction of sp³-hybridized carbons (Fsp3) is 0.688. The van der Waals surface area contributed by atoms with Gasteiger partial charge in [-0.1, -0.05) is 26.8 Å². The first-order valence-corrected chi connectivity index (χ1v) is 7.46. The lowest BCUT2D eigenvalue weighted by Gasteiger charge is -2.38. The van der Waals surface area contributed by atoms with Crippen LogP contribution in [0.25, 0.3) is 0 Å².